The van der Waals surface area contributed by atoms with Crippen LogP contribution in [0.2, 0.25) is 0 Å². The highest BCUT2D eigenvalue weighted by Crippen LogP contribution is 2.26. The molecule has 32 heavy (non-hydrogen) atoms. The third-order valence-corrected chi connectivity index (χ3v) is 6.06. The van der Waals surface area contributed by atoms with Crippen molar-refractivity contribution in [3.05, 3.63) is 88.9 Å². The molecule has 7 heteroatoms. The Morgan fingerprint density at radius 3 is 2.56 bits per heavy atom. The molecule has 3 heterocycles. The zero-order valence-corrected chi connectivity index (χ0v) is 17.6. The van der Waals surface area contributed by atoms with Crippen molar-refractivity contribution in [2.75, 3.05) is 0 Å². The fourth-order valence-electron chi connectivity index (χ4n) is 4.37. The van der Waals surface area contributed by atoms with Crippen molar-refractivity contribution >= 4 is 17.7 Å². The van der Waals surface area contributed by atoms with Crippen LogP contribution >= 0.6 is 0 Å². The van der Waals surface area contributed by atoms with Crippen LogP contribution in [0.3, 0.4) is 0 Å². The van der Waals surface area contributed by atoms with Crippen LogP contribution in [0.4, 0.5) is 0 Å². The van der Waals surface area contributed by atoms with E-state index in [1.165, 1.54) is 23.3 Å². The second-order valence-corrected chi connectivity index (χ2v) is 8.19. The zero-order valence-electron chi connectivity index (χ0n) is 17.6. The van der Waals surface area contributed by atoms with Crippen LogP contribution in [0.1, 0.15) is 68.9 Å². The van der Waals surface area contributed by atoms with E-state index in [2.05, 4.69) is 0 Å². The summed E-state index contributed by atoms with van der Waals surface area (Å²) < 4.78 is 6.78. The molecule has 0 spiro atoms. The van der Waals surface area contributed by atoms with Gasteiger partial charge in [-0.15, -0.1) is 0 Å². The minimum atomic E-state index is -0.429. The number of fused-ring (bicyclic) bond motifs is 1. The van der Waals surface area contributed by atoms with Gasteiger partial charge in [0.15, 0.2) is 0 Å². The number of furan rings is 1. The van der Waals surface area contributed by atoms with Crippen LogP contribution in [0.15, 0.2) is 70.4 Å². The number of hydrogen-bond donors (Lipinski definition) is 0. The molecule has 0 atom stereocenters. The van der Waals surface area contributed by atoms with Gasteiger partial charge in [-0.1, -0.05) is 25.3 Å². The van der Waals surface area contributed by atoms with Gasteiger partial charge in [0.05, 0.1) is 30.0 Å². The minimum absolute atomic E-state index is 0.0560. The first kappa shape index (κ1) is 20.2. The number of nitrogens with zero attached hydrogens (tertiary/aromatic N) is 3. The van der Waals surface area contributed by atoms with E-state index in [1.807, 2.05) is 12.1 Å². The molecule has 7 nitrogen and oxygen atoms in total. The maximum Gasteiger partial charge on any atom is 0.263 e. The average Bonchev–Trinajstić information content (AvgIpc) is 3.42. The van der Waals surface area contributed by atoms with Gasteiger partial charge in [-0.2, -0.15) is 0 Å². The van der Waals surface area contributed by atoms with Crippen LogP contribution in [0, 0.1) is 0 Å². The van der Waals surface area contributed by atoms with Crippen molar-refractivity contribution in [2.45, 2.75) is 44.7 Å². The normalized spacial score (nSPS) is 17.1. The Bertz CT molecular complexity index is 1250. The fraction of sp³-hybridized carbons (Fsp3) is 0.280. The summed E-state index contributed by atoms with van der Waals surface area (Å²) >= 11 is 0. The summed E-state index contributed by atoms with van der Waals surface area (Å²) in [6.07, 6.45) is 8.80. The Kier molecular flexibility index (Phi) is 5.31. The number of benzene rings is 1. The van der Waals surface area contributed by atoms with E-state index < -0.39 is 5.91 Å². The number of hydrogen-bond acceptors (Lipinski definition) is 5. The fourth-order valence-corrected chi connectivity index (χ4v) is 4.37. The summed E-state index contributed by atoms with van der Waals surface area (Å²) in [4.78, 5) is 44.9. The molecule has 1 aliphatic heterocycles. The number of rotatable bonds is 4. The molecular formula is C25H23N3O4. The monoisotopic (exact) mass is 429 g/mol. The van der Waals surface area contributed by atoms with Crippen molar-refractivity contribution < 1.29 is 18.8 Å². The molecule has 0 radical (unpaired) electrons. The Balaban J connectivity index is 1.45. The van der Waals surface area contributed by atoms with Crippen LogP contribution in [0.5, 0.6) is 0 Å². The molecule has 0 saturated heterocycles. The maximum atomic E-state index is 13.3. The molecule has 1 fully saturated rings. The number of carbonyl (C=O) groups excluding carboxylic acids is 3. The molecule has 5 rings (SSSR count). The number of imide groups is 1. The van der Waals surface area contributed by atoms with Crippen molar-refractivity contribution in [1.82, 2.24) is 9.47 Å². The lowest BCUT2D eigenvalue weighted by Crippen LogP contribution is -2.29. The first-order valence-electron chi connectivity index (χ1n) is 10.9. The molecule has 3 aromatic rings. The van der Waals surface area contributed by atoms with Crippen LogP contribution in [-0.2, 0) is 6.54 Å². The van der Waals surface area contributed by atoms with Crippen molar-refractivity contribution in [2.24, 2.45) is 4.99 Å². The van der Waals surface area contributed by atoms with E-state index >= 15 is 0 Å². The standard InChI is InChI=1S/C25H23N3O4/c29-23(27-13-5-4-10-22(27)26-18-7-2-1-3-8-18)17-11-12-20-21(15-17)25(31)28(24(20)30)16-19-9-6-14-32-19/h4-6,9-15,18H,1-3,7-8,16H2. The van der Waals surface area contributed by atoms with E-state index in [9.17, 15) is 14.4 Å². The van der Waals surface area contributed by atoms with Gasteiger partial charge in [0.25, 0.3) is 17.7 Å². The van der Waals surface area contributed by atoms with Gasteiger partial charge < -0.3 is 4.42 Å². The molecule has 162 valence electrons. The predicted molar refractivity (Wildman–Crippen MR) is 116 cm³/mol. The smallest absolute Gasteiger partial charge is 0.263 e. The van der Waals surface area contributed by atoms with Crippen LogP contribution < -0.4 is 5.49 Å². The molecule has 1 saturated carbocycles. The van der Waals surface area contributed by atoms with Gasteiger partial charge in [0, 0.05) is 11.8 Å². The highest BCUT2D eigenvalue weighted by molar-refractivity contribution is 6.22. The Hall–Kier alpha value is -3.74. The molecule has 2 aromatic heterocycles. The van der Waals surface area contributed by atoms with E-state index in [0.717, 1.165) is 30.6 Å². The van der Waals surface area contributed by atoms with Crippen LogP contribution in [-0.4, -0.2) is 33.2 Å². The quantitative estimate of drug-likeness (QED) is 0.591. The predicted octanol–water partition coefficient (Wildman–Crippen LogP) is 3.80. The molecule has 1 aromatic carbocycles. The molecular weight excluding hydrogens is 406 g/mol. The maximum absolute atomic E-state index is 13.3. The van der Waals surface area contributed by atoms with E-state index in [0.29, 0.717) is 22.4 Å². The van der Waals surface area contributed by atoms with E-state index in [1.54, 1.807) is 36.5 Å². The Labute approximate surface area is 185 Å². The Morgan fingerprint density at radius 1 is 0.969 bits per heavy atom. The molecule has 0 unspecified atom stereocenters. The highest BCUT2D eigenvalue weighted by Gasteiger charge is 2.36. The van der Waals surface area contributed by atoms with E-state index in [-0.39, 0.29) is 30.0 Å². The lowest BCUT2D eigenvalue weighted by atomic mass is 9.96. The first-order chi connectivity index (χ1) is 15.6. The van der Waals surface area contributed by atoms with Gasteiger partial charge in [0.2, 0.25) is 0 Å². The summed E-state index contributed by atoms with van der Waals surface area (Å²) in [5.41, 5.74) is 1.46. The van der Waals surface area contributed by atoms with Gasteiger partial charge in [-0.3, -0.25) is 28.8 Å². The summed E-state index contributed by atoms with van der Waals surface area (Å²) in [5, 5.41) is 0. The largest absolute Gasteiger partial charge is 0.467 e. The van der Waals surface area contributed by atoms with Gasteiger partial charge >= 0.3 is 0 Å². The second-order valence-electron chi connectivity index (χ2n) is 8.19. The van der Waals surface area contributed by atoms with Gasteiger partial charge in [-0.05, 0) is 55.3 Å². The van der Waals surface area contributed by atoms with Crippen molar-refractivity contribution in [3.8, 4) is 0 Å². The lowest BCUT2D eigenvalue weighted by molar-refractivity contribution is 0.0631. The number of aromatic nitrogens is 1. The lowest BCUT2D eigenvalue weighted by Gasteiger charge is -2.17. The van der Waals surface area contributed by atoms with Crippen molar-refractivity contribution in [1.29, 1.82) is 0 Å². The average molecular weight is 429 g/mol. The van der Waals surface area contributed by atoms with Crippen molar-refractivity contribution in [3.63, 3.8) is 0 Å². The minimum Gasteiger partial charge on any atom is -0.467 e. The number of pyridine rings is 1. The summed E-state index contributed by atoms with van der Waals surface area (Å²) in [6, 6.07) is 13.8. The summed E-state index contributed by atoms with van der Waals surface area (Å²) in [5.74, 6) is -0.584. The molecule has 0 bridgehead atoms. The van der Waals surface area contributed by atoms with Crippen LogP contribution in [0.25, 0.3) is 0 Å². The molecule has 2 amide bonds. The SMILES string of the molecule is O=C1c2ccc(C(=O)n3ccccc3=NC3CCCCC3)cc2C(=O)N1Cc1ccco1. The number of carbonyl (C=O) groups is 3. The van der Waals surface area contributed by atoms with E-state index in [4.69, 9.17) is 9.41 Å². The third kappa shape index (κ3) is 3.70. The van der Waals surface area contributed by atoms with Gasteiger partial charge in [-0.25, -0.2) is 0 Å². The third-order valence-electron chi connectivity index (χ3n) is 6.06. The second kappa shape index (κ2) is 8.42. The van der Waals surface area contributed by atoms with Gasteiger partial charge in [0.1, 0.15) is 11.2 Å². The Morgan fingerprint density at radius 2 is 1.78 bits per heavy atom. The highest BCUT2D eigenvalue weighted by atomic mass is 16.3. The zero-order chi connectivity index (χ0) is 22.1. The summed E-state index contributed by atoms with van der Waals surface area (Å²) in [7, 11) is 0. The molecule has 2 aliphatic rings. The summed E-state index contributed by atoms with van der Waals surface area (Å²) in [6.45, 7) is 0.0560. The topological polar surface area (TPSA) is 84.9 Å². The first-order valence-corrected chi connectivity index (χ1v) is 10.9. The molecule has 0 N–H and O–H groups in total. The number of amides is 2. The molecule has 1 aliphatic carbocycles.